The van der Waals surface area contributed by atoms with Crippen LogP contribution in [-0.4, -0.2) is 26.2 Å². The average Bonchev–Trinajstić information content (AvgIpc) is 2.28. The number of para-hydroxylation sites is 1. The molecule has 1 saturated heterocycles. The minimum Gasteiger partial charge on any atom is -0.370 e. The van der Waals surface area contributed by atoms with Crippen molar-refractivity contribution < 1.29 is 0 Å². The standard InChI is InChI=1S/C14H21ClN2/c1-14(2)10-17(9-8-13(14)16-3)12-7-5-4-6-11(12)15/h4-7,13,16H,8-10H2,1-3H3. The number of nitrogens with zero attached hydrogens (tertiary/aromatic N) is 1. The Hall–Kier alpha value is -0.730. The van der Waals surface area contributed by atoms with Crippen molar-refractivity contribution in [2.24, 2.45) is 5.41 Å². The van der Waals surface area contributed by atoms with Gasteiger partial charge in [0.2, 0.25) is 0 Å². The molecule has 0 bridgehead atoms. The third-order valence-electron chi connectivity index (χ3n) is 3.77. The number of anilines is 1. The summed E-state index contributed by atoms with van der Waals surface area (Å²) in [6.07, 6.45) is 1.16. The highest BCUT2D eigenvalue weighted by Gasteiger charge is 2.35. The normalized spacial score (nSPS) is 23.8. The smallest absolute Gasteiger partial charge is 0.0639 e. The Morgan fingerprint density at radius 3 is 2.65 bits per heavy atom. The Balaban J connectivity index is 2.18. The van der Waals surface area contributed by atoms with Crippen LogP contribution < -0.4 is 10.2 Å². The monoisotopic (exact) mass is 252 g/mol. The van der Waals surface area contributed by atoms with Crippen LogP contribution in [0.4, 0.5) is 5.69 Å². The first kappa shape index (κ1) is 12.7. The van der Waals surface area contributed by atoms with Crippen molar-refractivity contribution in [2.75, 3.05) is 25.0 Å². The average molecular weight is 253 g/mol. The highest BCUT2D eigenvalue weighted by Crippen LogP contribution is 2.34. The zero-order valence-corrected chi connectivity index (χ0v) is 11.6. The summed E-state index contributed by atoms with van der Waals surface area (Å²) in [7, 11) is 2.05. The summed E-state index contributed by atoms with van der Waals surface area (Å²) in [5, 5.41) is 4.27. The van der Waals surface area contributed by atoms with E-state index in [-0.39, 0.29) is 5.41 Å². The molecule has 1 atom stereocenters. The van der Waals surface area contributed by atoms with Gasteiger partial charge in [-0.1, -0.05) is 37.6 Å². The molecule has 0 aliphatic carbocycles. The van der Waals surface area contributed by atoms with Crippen molar-refractivity contribution in [1.82, 2.24) is 5.32 Å². The van der Waals surface area contributed by atoms with Gasteiger partial charge in [0.1, 0.15) is 0 Å². The van der Waals surface area contributed by atoms with Crippen LogP contribution in [0, 0.1) is 5.41 Å². The molecule has 17 heavy (non-hydrogen) atoms. The van der Waals surface area contributed by atoms with E-state index in [9.17, 15) is 0 Å². The van der Waals surface area contributed by atoms with Crippen LogP contribution in [0.1, 0.15) is 20.3 Å². The summed E-state index contributed by atoms with van der Waals surface area (Å²) < 4.78 is 0. The van der Waals surface area contributed by atoms with Crippen LogP contribution in [-0.2, 0) is 0 Å². The number of piperidine rings is 1. The zero-order valence-electron chi connectivity index (χ0n) is 10.8. The van der Waals surface area contributed by atoms with Crippen LogP contribution in [0.25, 0.3) is 0 Å². The molecule has 1 aliphatic rings. The van der Waals surface area contributed by atoms with Crippen molar-refractivity contribution in [1.29, 1.82) is 0 Å². The van der Waals surface area contributed by atoms with Gasteiger partial charge in [0.15, 0.2) is 0 Å². The SMILES string of the molecule is CNC1CCN(c2ccccc2Cl)CC1(C)C. The molecule has 1 fully saturated rings. The van der Waals surface area contributed by atoms with E-state index in [1.54, 1.807) is 0 Å². The molecule has 1 aromatic carbocycles. The number of hydrogen-bond acceptors (Lipinski definition) is 2. The van der Waals surface area contributed by atoms with Crippen LogP contribution in [0.15, 0.2) is 24.3 Å². The molecular formula is C14H21ClN2. The summed E-state index contributed by atoms with van der Waals surface area (Å²) in [6, 6.07) is 8.70. The molecule has 1 heterocycles. The number of hydrogen-bond donors (Lipinski definition) is 1. The van der Waals surface area contributed by atoms with Gasteiger partial charge in [-0.3, -0.25) is 0 Å². The third kappa shape index (κ3) is 2.58. The van der Waals surface area contributed by atoms with E-state index in [4.69, 9.17) is 11.6 Å². The van der Waals surface area contributed by atoms with E-state index >= 15 is 0 Å². The predicted octanol–water partition coefficient (Wildman–Crippen LogP) is 3.16. The fourth-order valence-corrected chi connectivity index (χ4v) is 3.06. The fraction of sp³-hybridized carbons (Fsp3) is 0.571. The summed E-state index contributed by atoms with van der Waals surface area (Å²) in [6.45, 7) is 6.75. The van der Waals surface area contributed by atoms with Gasteiger partial charge in [0.05, 0.1) is 10.7 Å². The van der Waals surface area contributed by atoms with Crippen LogP contribution in [0.3, 0.4) is 0 Å². The molecule has 1 aromatic rings. The highest BCUT2D eigenvalue weighted by molar-refractivity contribution is 6.33. The van der Waals surface area contributed by atoms with Crippen LogP contribution in [0.5, 0.6) is 0 Å². The van der Waals surface area contributed by atoms with Crippen molar-refractivity contribution in [3.63, 3.8) is 0 Å². The molecule has 2 rings (SSSR count). The molecule has 1 aliphatic heterocycles. The molecule has 94 valence electrons. The van der Waals surface area contributed by atoms with E-state index in [2.05, 4.69) is 43.2 Å². The van der Waals surface area contributed by atoms with Crippen LogP contribution in [0.2, 0.25) is 5.02 Å². The molecule has 0 saturated carbocycles. The molecule has 0 spiro atoms. The van der Waals surface area contributed by atoms with Crippen molar-refractivity contribution in [3.05, 3.63) is 29.3 Å². The molecule has 0 amide bonds. The van der Waals surface area contributed by atoms with Gasteiger partial charge in [-0.05, 0) is 31.0 Å². The summed E-state index contributed by atoms with van der Waals surface area (Å²) >= 11 is 6.26. The van der Waals surface area contributed by atoms with E-state index in [1.807, 2.05) is 12.1 Å². The third-order valence-corrected chi connectivity index (χ3v) is 4.09. The van der Waals surface area contributed by atoms with Gasteiger partial charge in [-0.15, -0.1) is 0 Å². The topological polar surface area (TPSA) is 15.3 Å². The lowest BCUT2D eigenvalue weighted by molar-refractivity contribution is 0.215. The van der Waals surface area contributed by atoms with Gasteiger partial charge in [0, 0.05) is 19.1 Å². The Morgan fingerprint density at radius 1 is 1.35 bits per heavy atom. The summed E-state index contributed by atoms with van der Waals surface area (Å²) in [5.74, 6) is 0. The molecule has 1 N–H and O–H groups in total. The Kier molecular flexibility index (Phi) is 3.64. The first-order valence-electron chi connectivity index (χ1n) is 6.21. The second-order valence-corrected chi connectivity index (χ2v) is 5.90. The van der Waals surface area contributed by atoms with Crippen molar-refractivity contribution in [3.8, 4) is 0 Å². The van der Waals surface area contributed by atoms with E-state index in [0.29, 0.717) is 6.04 Å². The molecule has 3 heteroatoms. The lowest BCUT2D eigenvalue weighted by Gasteiger charge is -2.45. The second-order valence-electron chi connectivity index (χ2n) is 5.49. The quantitative estimate of drug-likeness (QED) is 0.870. The number of nitrogens with one attached hydrogen (secondary N) is 1. The molecule has 1 unspecified atom stereocenters. The van der Waals surface area contributed by atoms with E-state index < -0.39 is 0 Å². The first-order chi connectivity index (χ1) is 8.04. The maximum Gasteiger partial charge on any atom is 0.0639 e. The molecular weight excluding hydrogens is 232 g/mol. The molecule has 0 radical (unpaired) electrons. The molecule has 2 nitrogen and oxygen atoms in total. The minimum absolute atomic E-state index is 0.270. The predicted molar refractivity (Wildman–Crippen MR) is 74.9 cm³/mol. The Morgan fingerprint density at radius 2 is 2.06 bits per heavy atom. The minimum atomic E-state index is 0.270. The molecule has 0 aromatic heterocycles. The van der Waals surface area contributed by atoms with Crippen molar-refractivity contribution in [2.45, 2.75) is 26.3 Å². The summed E-state index contributed by atoms with van der Waals surface area (Å²) in [5.41, 5.74) is 1.43. The van der Waals surface area contributed by atoms with Gasteiger partial charge in [-0.2, -0.15) is 0 Å². The van der Waals surface area contributed by atoms with Gasteiger partial charge in [-0.25, -0.2) is 0 Å². The number of benzene rings is 1. The van der Waals surface area contributed by atoms with Gasteiger partial charge < -0.3 is 10.2 Å². The van der Waals surface area contributed by atoms with Gasteiger partial charge >= 0.3 is 0 Å². The number of rotatable bonds is 2. The Labute approximate surface area is 109 Å². The Bertz CT molecular complexity index is 390. The second kappa shape index (κ2) is 4.87. The fourth-order valence-electron chi connectivity index (χ4n) is 2.81. The maximum atomic E-state index is 6.26. The lowest BCUT2D eigenvalue weighted by atomic mass is 9.79. The van der Waals surface area contributed by atoms with Gasteiger partial charge in [0.25, 0.3) is 0 Å². The van der Waals surface area contributed by atoms with Crippen LogP contribution >= 0.6 is 11.6 Å². The first-order valence-corrected chi connectivity index (χ1v) is 6.59. The van der Waals surface area contributed by atoms with E-state index in [1.165, 1.54) is 0 Å². The zero-order chi connectivity index (χ0) is 12.5. The number of halogens is 1. The lowest BCUT2D eigenvalue weighted by Crippen LogP contribution is -2.53. The van der Waals surface area contributed by atoms with Crippen molar-refractivity contribution >= 4 is 17.3 Å². The van der Waals surface area contributed by atoms with E-state index in [0.717, 1.165) is 30.2 Å². The largest absolute Gasteiger partial charge is 0.370 e. The maximum absolute atomic E-state index is 6.26. The summed E-state index contributed by atoms with van der Waals surface area (Å²) in [4.78, 5) is 2.40. The highest BCUT2D eigenvalue weighted by atomic mass is 35.5.